The summed E-state index contributed by atoms with van der Waals surface area (Å²) in [7, 11) is 1.67. The number of ether oxygens (including phenoxy) is 1. The van der Waals surface area contributed by atoms with Gasteiger partial charge in [0.2, 0.25) is 0 Å². The average Bonchev–Trinajstić information content (AvgIpc) is 2.98. The second-order valence-electron chi connectivity index (χ2n) is 5.39. The number of H-pyrrole nitrogens is 1. The molecule has 7 heteroatoms. The SMILES string of the molecule is COCc1ccc(CNC(=O)c2n[nH]c3c2CNCC3)cc1.Cl. The highest BCUT2D eigenvalue weighted by molar-refractivity contribution is 5.94. The molecule has 1 aliphatic rings. The van der Waals surface area contributed by atoms with Gasteiger partial charge in [0.05, 0.1) is 6.61 Å². The molecule has 23 heavy (non-hydrogen) atoms. The third-order valence-electron chi connectivity index (χ3n) is 3.81. The summed E-state index contributed by atoms with van der Waals surface area (Å²) in [6.45, 7) is 2.70. The number of nitrogens with one attached hydrogen (secondary N) is 3. The molecule has 0 saturated carbocycles. The predicted octanol–water partition coefficient (Wildman–Crippen LogP) is 1.55. The summed E-state index contributed by atoms with van der Waals surface area (Å²) >= 11 is 0. The molecule has 1 aromatic carbocycles. The molecule has 6 nitrogen and oxygen atoms in total. The molecule has 0 bridgehead atoms. The molecule has 2 heterocycles. The average molecular weight is 337 g/mol. The number of nitrogens with zero attached hydrogens (tertiary/aromatic N) is 1. The number of rotatable bonds is 5. The van der Waals surface area contributed by atoms with Crippen LogP contribution in [-0.4, -0.2) is 29.8 Å². The van der Waals surface area contributed by atoms with Crippen LogP contribution in [0.2, 0.25) is 0 Å². The monoisotopic (exact) mass is 336 g/mol. The lowest BCUT2D eigenvalue weighted by atomic mass is 10.1. The van der Waals surface area contributed by atoms with Crippen molar-refractivity contribution in [2.75, 3.05) is 13.7 Å². The second-order valence-corrected chi connectivity index (χ2v) is 5.39. The molecule has 1 aliphatic heterocycles. The highest BCUT2D eigenvalue weighted by atomic mass is 35.5. The van der Waals surface area contributed by atoms with Crippen LogP contribution in [0.15, 0.2) is 24.3 Å². The van der Waals surface area contributed by atoms with E-state index in [1.165, 1.54) is 0 Å². The van der Waals surface area contributed by atoms with E-state index in [0.717, 1.165) is 35.3 Å². The van der Waals surface area contributed by atoms with Gasteiger partial charge < -0.3 is 15.4 Å². The lowest BCUT2D eigenvalue weighted by molar-refractivity contribution is 0.0944. The van der Waals surface area contributed by atoms with Gasteiger partial charge in [0, 0.05) is 44.4 Å². The Morgan fingerprint density at radius 3 is 2.78 bits per heavy atom. The summed E-state index contributed by atoms with van der Waals surface area (Å²) in [5.41, 5.74) is 4.71. The molecule has 0 spiro atoms. The quantitative estimate of drug-likeness (QED) is 0.774. The van der Waals surface area contributed by atoms with Gasteiger partial charge in [0.15, 0.2) is 5.69 Å². The van der Waals surface area contributed by atoms with Crippen molar-refractivity contribution in [2.24, 2.45) is 0 Å². The van der Waals surface area contributed by atoms with Crippen molar-refractivity contribution < 1.29 is 9.53 Å². The Bertz CT molecular complexity index is 655. The number of amides is 1. The van der Waals surface area contributed by atoms with Crippen molar-refractivity contribution in [3.05, 3.63) is 52.3 Å². The van der Waals surface area contributed by atoms with Crippen molar-refractivity contribution in [1.82, 2.24) is 20.8 Å². The molecular weight excluding hydrogens is 316 g/mol. The van der Waals surface area contributed by atoms with Gasteiger partial charge in [0.1, 0.15) is 0 Å². The van der Waals surface area contributed by atoms with Crippen LogP contribution >= 0.6 is 12.4 Å². The molecule has 0 atom stereocenters. The molecule has 0 radical (unpaired) electrons. The number of methoxy groups -OCH3 is 1. The Labute approximate surface area is 141 Å². The first kappa shape index (κ1) is 17.5. The van der Waals surface area contributed by atoms with Crippen LogP contribution in [0.3, 0.4) is 0 Å². The highest BCUT2D eigenvalue weighted by Crippen LogP contribution is 2.15. The minimum atomic E-state index is -0.137. The van der Waals surface area contributed by atoms with E-state index in [1.807, 2.05) is 24.3 Å². The van der Waals surface area contributed by atoms with Crippen molar-refractivity contribution in [2.45, 2.75) is 26.1 Å². The molecule has 2 aromatic rings. The van der Waals surface area contributed by atoms with Gasteiger partial charge in [-0.05, 0) is 11.1 Å². The Kier molecular flexibility index (Phi) is 6.15. The third-order valence-corrected chi connectivity index (χ3v) is 3.81. The number of aromatic nitrogens is 2. The molecule has 0 aliphatic carbocycles. The number of hydrogen-bond donors (Lipinski definition) is 3. The first-order valence-corrected chi connectivity index (χ1v) is 7.39. The minimum Gasteiger partial charge on any atom is -0.380 e. The van der Waals surface area contributed by atoms with E-state index in [2.05, 4.69) is 20.8 Å². The maximum atomic E-state index is 12.3. The first-order valence-electron chi connectivity index (χ1n) is 7.39. The van der Waals surface area contributed by atoms with Gasteiger partial charge in [-0.25, -0.2) is 0 Å². The van der Waals surface area contributed by atoms with Crippen LogP contribution in [0.1, 0.15) is 32.9 Å². The van der Waals surface area contributed by atoms with Crippen LogP contribution in [0, 0.1) is 0 Å². The number of carbonyl (C=O) groups excluding carboxylic acids is 1. The number of carbonyl (C=O) groups is 1. The summed E-state index contributed by atoms with van der Waals surface area (Å²) in [4.78, 5) is 12.3. The minimum absolute atomic E-state index is 0. The van der Waals surface area contributed by atoms with Crippen molar-refractivity contribution in [3.8, 4) is 0 Å². The fourth-order valence-electron chi connectivity index (χ4n) is 2.60. The fourth-order valence-corrected chi connectivity index (χ4v) is 2.60. The Morgan fingerprint density at radius 1 is 1.30 bits per heavy atom. The van der Waals surface area contributed by atoms with Gasteiger partial charge in [0.25, 0.3) is 5.91 Å². The van der Waals surface area contributed by atoms with E-state index < -0.39 is 0 Å². The Morgan fingerprint density at radius 2 is 2.04 bits per heavy atom. The first-order chi connectivity index (χ1) is 10.8. The van der Waals surface area contributed by atoms with Gasteiger partial charge in [-0.15, -0.1) is 12.4 Å². The highest BCUT2D eigenvalue weighted by Gasteiger charge is 2.21. The van der Waals surface area contributed by atoms with Gasteiger partial charge >= 0.3 is 0 Å². The van der Waals surface area contributed by atoms with Gasteiger partial charge in [-0.2, -0.15) is 5.10 Å². The van der Waals surface area contributed by atoms with Crippen molar-refractivity contribution in [1.29, 1.82) is 0 Å². The topological polar surface area (TPSA) is 79.0 Å². The Balaban J connectivity index is 0.00000192. The zero-order chi connectivity index (χ0) is 15.4. The standard InChI is InChI=1S/C16H20N4O2.ClH/c1-22-10-12-4-2-11(3-5-12)8-18-16(21)15-13-9-17-7-6-14(13)19-20-15;/h2-5,17H,6-10H2,1H3,(H,18,21)(H,19,20);1H. The summed E-state index contributed by atoms with van der Waals surface area (Å²) in [6, 6.07) is 8.00. The lowest BCUT2D eigenvalue weighted by Gasteiger charge is -2.13. The molecule has 1 aromatic heterocycles. The van der Waals surface area contributed by atoms with Crippen LogP contribution in [0.25, 0.3) is 0 Å². The number of fused-ring (bicyclic) bond motifs is 1. The molecular formula is C16H21ClN4O2. The largest absolute Gasteiger partial charge is 0.380 e. The van der Waals surface area contributed by atoms with E-state index in [-0.39, 0.29) is 18.3 Å². The van der Waals surface area contributed by atoms with Gasteiger partial charge in [-0.1, -0.05) is 24.3 Å². The van der Waals surface area contributed by atoms with E-state index in [1.54, 1.807) is 7.11 Å². The lowest BCUT2D eigenvalue weighted by Crippen LogP contribution is -2.28. The maximum Gasteiger partial charge on any atom is 0.272 e. The Hall–Kier alpha value is -1.89. The zero-order valence-electron chi connectivity index (χ0n) is 13.0. The molecule has 3 rings (SSSR count). The number of hydrogen-bond acceptors (Lipinski definition) is 4. The zero-order valence-corrected chi connectivity index (χ0v) is 13.8. The maximum absolute atomic E-state index is 12.3. The summed E-state index contributed by atoms with van der Waals surface area (Å²) in [5.74, 6) is -0.137. The van der Waals surface area contributed by atoms with Crippen LogP contribution in [-0.2, 0) is 30.9 Å². The molecule has 3 N–H and O–H groups in total. The molecule has 0 unspecified atom stereocenters. The van der Waals surface area contributed by atoms with Crippen molar-refractivity contribution in [3.63, 3.8) is 0 Å². The van der Waals surface area contributed by atoms with Gasteiger partial charge in [-0.3, -0.25) is 9.89 Å². The van der Waals surface area contributed by atoms with E-state index in [4.69, 9.17) is 4.74 Å². The number of halogens is 1. The van der Waals surface area contributed by atoms with E-state index in [9.17, 15) is 4.79 Å². The molecule has 0 fully saturated rings. The third kappa shape index (κ3) is 4.10. The summed E-state index contributed by atoms with van der Waals surface area (Å²) < 4.78 is 5.08. The van der Waals surface area contributed by atoms with E-state index >= 15 is 0 Å². The van der Waals surface area contributed by atoms with Crippen LogP contribution in [0.4, 0.5) is 0 Å². The predicted molar refractivity (Wildman–Crippen MR) is 89.6 cm³/mol. The molecule has 1 amide bonds. The van der Waals surface area contributed by atoms with Crippen molar-refractivity contribution >= 4 is 18.3 Å². The smallest absolute Gasteiger partial charge is 0.272 e. The second kappa shape index (κ2) is 8.10. The fraction of sp³-hybridized carbons (Fsp3) is 0.375. The normalized spacial score (nSPS) is 13.1. The molecule has 124 valence electrons. The number of aromatic amines is 1. The van der Waals surface area contributed by atoms with Crippen LogP contribution < -0.4 is 10.6 Å². The van der Waals surface area contributed by atoms with E-state index in [0.29, 0.717) is 25.4 Å². The van der Waals surface area contributed by atoms with Crippen LogP contribution in [0.5, 0.6) is 0 Å². The summed E-state index contributed by atoms with van der Waals surface area (Å²) in [6.07, 6.45) is 0.885. The summed E-state index contributed by atoms with van der Waals surface area (Å²) in [5, 5.41) is 13.3. The number of benzene rings is 1. The molecule has 0 saturated heterocycles.